The van der Waals surface area contributed by atoms with Crippen LogP contribution in [0.4, 0.5) is 0 Å². The molecule has 0 aliphatic carbocycles. The van der Waals surface area contributed by atoms with E-state index in [1.807, 2.05) is 30.5 Å². The number of aromatic nitrogens is 2. The van der Waals surface area contributed by atoms with Crippen molar-refractivity contribution in [1.82, 2.24) is 9.97 Å². The Kier molecular flexibility index (Phi) is 4.32. The topological polar surface area (TPSA) is 47.1 Å². The van der Waals surface area contributed by atoms with Crippen LogP contribution in [0.25, 0.3) is 0 Å². The average molecular weight is 250 g/mol. The SMILES string of the molecule is COc1ccc(OCCSc2ncc[nH]2)cc1. The van der Waals surface area contributed by atoms with Gasteiger partial charge in [-0.15, -0.1) is 0 Å². The highest BCUT2D eigenvalue weighted by Gasteiger charge is 1.97. The number of nitrogens with one attached hydrogen (secondary N) is 1. The lowest BCUT2D eigenvalue weighted by atomic mass is 10.3. The first-order valence-electron chi connectivity index (χ1n) is 5.27. The number of aromatic amines is 1. The molecule has 2 aromatic rings. The van der Waals surface area contributed by atoms with Crippen LogP contribution in [0.2, 0.25) is 0 Å². The summed E-state index contributed by atoms with van der Waals surface area (Å²) >= 11 is 1.64. The fraction of sp³-hybridized carbons (Fsp3) is 0.250. The van der Waals surface area contributed by atoms with Gasteiger partial charge in [0.25, 0.3) is 0 Å². The maximum Gasteiger partial charge on any atom is 0.165 e. The van der Waals surface area contributed by atoms with E-state index < -0.39 is 0 Å². The number of rotatable bonds is 6. The second kappa shape index (κ2) is 6.20. The molecule has 0 radical (unpaired) electrons. The number of thioether (sulfide) groups is 1. The van der Waals surface area contributed by atoms with Gasteiger partial charge in [0, 0.05) is 18.1 Å². The summed E-state index contributed by atoms with van der Waals surface area (Å²) in [7, 11) is 1.65. The predicted octanol–water partition coefficient (Wildman–Crippen LogP) is 2.59. The van der Waals surface area contributed by atoms with Gasteiger partial charge in [0.2, 0.25) is 0 Å². The Morgan fingerprint density at radius 2 is 2.00 bits per heavy atom. The van der Waals surface area contributed by atoms with E-state index in [2.05, 4.69) is 9.97 Å². The van der Waals surface area contributed by atoms with Crippen LogP contribution in [-0.2, 0) is 0 Å². The lowest BCUT2D eigenvalue weighted by Crippen LogP contribution is -2.00. The molecular weight excluding hydrogens is 236 g/mol. The van der Waals surface area contributed by atoms with Gasteiger partial charge in [-0.1, -0.05) is 11.8 Å². The Hall–Kier alpha value is -1.62. The van der Waals surface area contributed by atoms with Crippen molar-refractivity contribution in [1.29, 1.82) is 0 Å². The third-order valence-electron chi connectivity index (χ3n) is 2.12. The van der Waals surface area contributed by atoms with Gasteiger partial charge in [-0.25, -0.2) is 4.98 Å². The van der Waals surface area contributed by atoms with Crippen LogP contribution in [0, 0.1) is 0 Å². The summed E-state index contributed by atoms with van der Waals surface area (Å²) in [6.07, 6.45) is 3.55. The largest absolute Gasteiger partial charge is 0.497 e. The Balaban J connectivity index is 1.70. The number of methoxy groups -OCH3 is 1. The van der Waals surface area contributed by atoms with E-state index in [4.69, 9.17) is 9.47 Å². The normalized spacial score (nSPS) is 10.2. The van der Waals surface area contributed by atoms with E-state index in [1.54, 1.807) is 25.1 Å². The van der Waals surface area contributed by atoms with E-state index in [1.165, 1.54) is 0 Å². The van der Waals surface area contributed by atoms with Gasteiger partial charge in [0.15, 0.2) is 5.16 Å². The second-order valence-corrected chi connectivity index (χ2v) is 4.35. The number of nitrogens with zero attached hydrogens (tertiary/aromatic N) is 1. The molecule has 1 heterocycles. The summed E-state index contributed by atoms with van der Waals surface area (Å²) in [4.78, 5) is 7.15. The molecule has 1 aromatic carbocycles. The summed E-state index contributed by atoms with van der Waals surface area (Å²) in [6, 6.07) is 7.57. The minimum atomic E-state index is 0.650. The molecule has 0 atom stereocenters. The maximum absolute atomic E-state index is 5.59. The van der Waals surface area contributed by atoms with Crippen LogP contribution in [0.5, 0.6) is 11.5 Å². The summed E-state index contributed by atoms with van der Waals surface area (Å²) in [5.74, 6) is 2.55. The van der Waals surface area contributed by atoms with Crippen LogP contribution >= 0.6 is 11.8 Å². The van der Waals surface area contributed by atoms with Gasteiger partial charge in [-0.2, -0.15) is 0 Å². The molecule has 0 saturated heterocycles. The predicted molar refractivity (Wildman–Crippen MR) is 67.8 cm³/mol. The monoisotopic (exact) mass is 250 g/mol. The van der Waals surface area contributed by atoms with Gasteiger partial charge in [0.1, 0.15) is 11.5 Å². The molecule has 0 bridgehead atoms. The molecule has 4 nitrogen and oxygen atoms in total. The zero-order valence-corrected chi connectivity index (χ0v) is 10.4. The van der Waals surface area contributed by atoms with Crippen LogP contribution in [-0.4, -0.2) is 29.4 Å². The fourth-order valence-electron chi connectivity index (χ4n) is 1.30. The van der Waals surface area contributed by atoms with E-state index in [0.29, 0.717) is 6.61 Å². The number of imidazole rings is 1. The molecule has 90 valence electrons. The third-order valence-corrected chi connectivity index (χ3v) is 2.99. The Morgan fingerprint density at radius 3 is 2.65 bits per heavy atom. The van der Waals surface area contributed by atoms with Gasteiger partial charge in [0.05, 0.1) is 13.7 Å². The van der Waals surface area contributed by atoms with Crippen LogP contribution in [0.1, 0.15) is 0 Å². The van der Waals surface area contributed by atoms with Crippen molar-refractivity contribution >= 4 is 11.8 Å². The van der Waals surface area contributed by atoms with Gasteiger partial charge in [-0.3, -0.25) is 0 Å². The quantitative estimate of drug-likeness (QED) is 0.632. The van der Waals surface area contributed by atoms with Crippen molar-refractivity contribution in [2.75, 3.05) is 19.5 Å². The molecule has 0 aliphatic heterocycles. The highest BCUT2D eigenvalue weighted by Crippen LogP contribution is 2.18. The lowest BCUT2D eigenvalue weighted by molar-refractivity contribution is 0.342. The zero-order chi connectivity index (χ0) is 11.9. The van der Waals surface area contributed by atoms with Crippen molar-refractivity contribution in [2.24, 2.45) is 0 Å². The highest BCUT2D eigenvalue weighted by atomic mass is 32.2. The number of ether oxygens (including phenoxy) is 2. The molecule has 0 unspecified atom stereocenters. The number of hydrogen-bond donors (Lipinski definition) is 1. The second-order valence-electron chi connectivity index (χ2n) is 3.27. The minimum absolute atomic E-state index is 0.650. The van der Waals surface area contributed by atoms with Gasteiger partial charge in [-0.05, 0) is 24.3 Å². The Bertz CT molecular complexity index is 428. The molecule has 0 fully saturated rings. The molecular formula is C12H14N2O2S. The molecule has 17 heavy (non-hydrogen) atoms. The van der Waals surface area contributed by atoms with Crippen molar-refractivity contribution in [3.8, 4) is 11.5 Å². The van der Waals surface area contributed by atoms with Crippen molar-refractivity contribution in [3.63, 3.8) is 0 Å². The van der Waals surface area contributed by atoms with E-state index in [0.717, 1.165) is 22.4 Å². The van der Waals surface area contributed by atoms with Crippen molar-refractivity contribution in [3.05, 3.63) is 36.7 Å². The van der Waals surface area contributed by atoms with Gasteiger partial charge >= 0.3 is 0 Å². The molecule has 1 N–H and O–H groups in total. The van der Waals surface area contributed by atoms with Crippen molar-refractivity contribution in [2.45, 2.75) is 5.16 Å². The van der Waals surface area contributed by atoms with Crippen molar-refractivity contribution < 1.29 is 9.47 Å². The number of H-pyrrole nitrogens is 1. The number of hydrogen-bond acceptors (Lipinski definition) is 4. The summed E-state index contributed by atoms with van der Waals surface area (Å²) in [6.45, 7) is 0.650. The molecule has 1 aromatic heterocycles. The first-order chi connectivity index (χ1) is 8.38. The standard InChI is InChI=1S/C12H14N2O2S/c1-15-10-2-4-11(5-3-10)16-8-9-17-12-13-6-7-14-12/h2-7H,8-9H2,1H3,(H,13,14). The smallest absolute Gasteiger partial charge is 0.165 e. The Morgan fingerprint density at radius 1 is 1.24 bits per heavy atom. The molecule has 0 aliphatic rings. The highest BCUT2D eigenvalue weighted by molar-refractivity contribution is 7.99. The van der Waals surface area contributed by atoms with E-state index >= 15 is 0 Å². The third kappa shape index (κ3) is 3.71. The Labute approximate surface area is 104 Å². The summed E-state index contributed by atoms with van der Waals surface area (Å²) in [5, 5.41) is 0.920. The minimum Gasteiger partial charge on any atom is -0.497 e. The molecule has 0 saturated carbocycles. The first-order valence-corrected chi connectivity index (χ1v) is 6.26. The van der Waals surface area contributed by atoms with Crippen LogP contribution in [0.3, 0.4) is 0 Å². The van der Waals surface area contributed by atoms with E-state index in [9.17, 15) is 0 Å². The van der Waals surface area contributed by atoms with Gasteiger partial charge < -0.3 is 14.5 Å². The number of benzene rings is 1. The molecule has 0 amide bonds. The average Bonchev–Trinajstić information content (AvgIpc) is 2.88. The van der Waals surface area contributed by atoms with E-state index in [-0.39, 0.29) is 0 Å². The first kappa shape index (κ1) is 11.9. The molecule has 0 spiro atoms. The fourth-order valence-corrected chi connectivity index (χ4v) is 1.95. The summed E-state index contributed by atoms with van der Waals surface area (Å²) in [5.41, 5.74) is 0. The lowest BCUT2D eigenvalue weighted by Gasteiger charge is -2.06. The maximum atomic E-state index is 5.59. The molecule has 2 rings (SSSR count). The molecule has 5 heteroatoms. The van der Waals surface area contributed by atoms with Crippen LogP contribution < -0.4 is 9.47 Å². The summed E-state index contributed by atoms with van der Waals surface area (Å²) < 4.78 is 10.7. The van der Waals surface area contributed by atoms with Crippen LogP contribution in [0.15, 0.2) is 41.8 Å². The zero-order valence-electron chi connectivity index (χ0n) is 9.55.